The highest BCUT2D eigenvalue weighted by atomic mass is 35.5. The average molecular weight is 506 g/mol. The number of nitrogens with zero attached hydrogens (tertiary/aromatic N) is 2. The summed E-state index contributed by atoms with van der Waals surface area (Å²) in [4.78, 5) is 38.2. The molecule has 10 nitrogen and oxygen atoms in total. The van der Waals surface area contributed by atoms with E-state index in [0.29, 0.717) is 27.5 Å². The van der Waals surface area contributed by atoms with Gasteiger partial charge in [-0.25, -0.2) is 10.2 Å². The summed E-state index contributed by atoms with van der Waals surface area (Å²) in [5.41, 5.74) is 8.54. The van der Waals surface area contributed by atoms with E-state index >= 15 is 0 Å². The van der Waals surface area contributed by atoms with Crippen LogP contribution < -0.4 is 21.0 Å². The topological polar surface area (TPSA) is 135 Å². The van der Waals surface area contributed by atoms with Crippen molar-refractivity contribution in [1.29, 1.82) is 0 Å². The quantitative estimate of drug-likeness (QED) is 0.290. The highest BCUT2D eigenvalue weighted by Crippen LogP contribution is 2.36. The van der Waals surface area contributed by atoms with Crippen LogP contribution in [0.2, 0.25) is 5.02 Å². The lowest BCUT2D eigenvalue weighted by atomic mass is 9.98. The van der Waals surface area contributed by atoms with E-state index in [2.05, 4.69) is 21.4 Å². The summed E-state index contributed by atoms with van der Waals surface area (Å²) in [6, 6.07) is 21.9. The number of rotatable bonds is 6. The monoisotopic (exact) mass is 505 g/mol. The van der Waals surface area contributed by atoms with Crippen molar-refractivity contribution < 1.29 is 24.2 Å². The van der Waals surface area contributed by atoms with E-state index in [1.54, 1.807) is 78.9 Å². The molecule has 0 aliphatic rings. The molecule has 4 N–H and O–H groups in total. The number of benzene rings is 3. The number of methoxy groups -OCH3 is 1. The lowest BCUT2D eigenvalue weighted by Crippen LogP contribution is -2.43. The summed E-state index contributed by atoms with van der Waals surface area (Å²) >= 11 is 6.19. The van der Waals surface area contributed by atoms with E-state index in [4.69, 9.17) is 16.3 Å². The van der Waals surface area contributed by atoms with Crippen molar-refractivity contribution in [3.8, 4) is 28.1 Å². The Morgan fingerprint density at radius 2 is 1.58 bits per heavy atom. The van der Waals surface area contributed by atoms with Crippen molar-refractivity contribution in [3.05, 3.63) is 95.1 Å². The van der Waals surface area contributed by atoms with Gasteiger partial charge in [0, 0.05) is 21.7 Å². The summed E-state index contributed by atoms with van der Waals surface area (Å²) in [7, 11) is 1.50. The molecule has 0 fully saturated rings. The second-order valence-electron chi connectivity index (χ2n) is 7.42. The summed E-state index contributed by atoms with van der Waals surface area (Å²) in [6.45, 7) is 0. The molecular weight excluding hydrogens is 486 g/mol. The first kappa shape index (κ1) is 24.3. The molecule has 0 aliphatic heterocycles. The summed E-state index contributed by atoms with van der Waals surface area (Å²) in [5.74, 6) is -0.863. The maximum atomic E-state index is 13.4. The Morgan fingerprint density at radius 3 is 2.28 bits per heavy atom. The van der Waals surface area contributed by atoms with Crippen LogP contribution >= 0.6 is 11.6 Å². The van der Waals surface area contributed by atoms with Crippen molar-refractivity contribution in [3.63, 3.8) is 0 Å². The molecule has 0 saturated heterocycles. The van der Waals surface area contributed by atoms with Gasteiger partial charge in [-0.05, 0) is 42.0 Å². The van der Waals surface area contributed by atoms with Gasteiger partial charge in [0.2, 0.25) is 0 Å². The number of aromatic nitrogens is 2. The lowest BCUT2D eigenvalue weighted by molar-refractivity contribution is 0.0842. The van der Waals surface area contributed by atoms with Crippen LogP contribution in [-0.4, -0.2) is 40.0 Å². The second kappa shape index (κ2) is 10.6. The van der Waals surface area contributed by atoms with Crippen LogP contribution in [0.15, 0.2) is 78.9 Å². The maximum absolute atomic E-state index is 13.4. The normalized spacial score (nSPS) is 10.4. The molecule has 0 saturated carbocycles. The minimum absolute atomic E-state index is 0.172. The lowest BCUT2D eigenvalue weighted by Gasteiger charge is -2.12. The van der Waals surface area contributed by atoms with Crippen molar-refractivity contribution in [2.24, 2.45) is 0 Å². The molecule has 4 aromatic rings. The number of hydrogen-bond acceptors (Lipinski definition) is 5. The van der Waals surface area contributed by atoms with Gasteiger partial charge in [-0.1, -0.05) is 54.1 Å². The average Bonchev–Trinajstić information content (AvgIpc) is 3.26. The molecule has 4 rings (SSSR count). The van der Waals surface area contributed by atoms with Crippen molar-refractivity contribution in [1.82, 2.24) is 20.7 Å². The van der Waals surface area contributed by atoms with Gasteiger partial charge in [-0.2, -0.15) is 9.89 Å². The van der Waals surface area contributed by atoms with Gasteiger partial charge in [-0.15, -0.1) is 0 Å². The Balaban J connectivity index is 1.84. The number of hydrazine groups is 1. The number of halogens is 1. The van der Waals surface area contributed by atoms with Crippen LogP contribution in [0.25, 0.3) is 22.4 Å². The molecule has 36 heavy (non-hydrogen) atoms. The number of nitrogens with one attached hydrogen (secondary N) is 3. The zero-order chi connectivity index (χ0) is 25.7. The zero-order valence-corrected chi connectivity index (χ0v) is 19.6. The van der Waals surface area contributed by atoms with Gasteiger partial charge >= 0.3 is 6.09 Å². The van der Waals surface area contributed by atoms with Gasteiger partial charge in [0.05, 0.1) is 7.11 Å². The molecule has 0 bridgehead atoms. The molecule has 3 aromatic carbocycles. The fourth-order valence-electron chi connectivity index (χ4n) is 3.52. The first-order valence-electron chi connectivity index (χ1n) is 10.6. The van der Waals surface area contributed by atoms with Crippen LogP contribution in [0.1, 0.15) is 20.8 Å². The highest BCUT2D eigenvalue weighted by molar-refractivity contribution is 6.30. The third-order valence-corrected chi connectivity index (χ3v) is 5.32. The standard InChI is InChI=1S/C25H20ClN5O5/c1-36-19-12-6-9-16(14-19)20-21(17-10-5-11-18(26)13-17)29-31(30-25(34)35)22(20)24(33)28-27-23(32)15-7-3-2-4-8-15/h2-14,30H,1H3,(H,27,32)(H,28,33)(H,34,35). The number of carbonyl (C=O) groups excluding carboxylic acids is 2. The van der Waals surface area contributed by atoms with E-state index in [1.807, 2.05) is 0 Å². The number of ether oxygens (including phenoxy) is 1. The molecule has 3 amide bonds. The van der Waals surface area contributed by atoms with Gasteiger partial charge in [0.25, 0.3) is 11.8 Å². The van der Waals surface area contributed by atoms with Gasteiger partial charge in [0.15, 0.2) is 5.69 Å². The Morgan fingerprint density at radius 1 is 0.889 bits per heavy atom. The van der Waals surface area contributed by atoms with Crippen LogP contribution in [0.5, 0.6) is 5.75 Å². The van der Waals surface area contributed by atoms with Gasteiger partial charge in [0.1, 0.15) is 11.4 Å². The third-order valence-electron chi connectivity index (χ3n) is 5.08. The van der Waals surface area contributed by atoms with Crippen LogP contribution in [-0.2, 0) is 0 Å². The SMILES string of the molecule is COc1cccc(-c2c(-c3cccc(Cl)c3)nn(NC(=O)O)c2C(=O)NNC(=O)c2ccccc2)c1. The molecule has 1 aromatic heterocycles. The van der Waals surface area contributed by atoms with Crippen LogP contribution in [0.3, 0.4) is 0 Å². The minimum Gasteiger partial charge on any atom is -0.497 e. The van der Waals surface area contributed by atoms with Crippen molar-refractivity contribution in [2.45, 2.75) is 0 Å². The Bertz CT molecular complexity index is 1440. The molecule has 11 heteroatoms. The van der Waals surface area contributed by atoms with Gasteiger partial charge < -0.3 is 9.84 Å². The fraction of sp³-hybridized carbons (Fsp3) is 0.0400. The van der Waals surface area contributed by atoms with E-state index in [0.717, 1.165) is 4.79 Å². The Labute approximate surface area is 210 Å². The Hall–Kier alpha value is -4.83. The Kier molecular flexibility index (Phi) is 7.17. The number of carboxylic acid groups (broad SMARTS) is 1. The molecule has 0 aliphatic carbocycles. The highest BCUT2D eigenvalue weighted by Gasteiger charge is 2.27. The van der Waals surface area contributed by atoms with Crippen LogP contribution in [0, 0.1) is 0 Å². The second-order valence-corrected chi connectivity index (χ2v) is 7.85. The number of carbonyl (C=O) groups is 3. The predicted octanol–water partition coefficient (Wildman–Crippen LogP) is 4.18. The molecule has 0 spiro atoms. The van der Waals surface area contributed by atoms with E-state index in [9.17, 15) is 19.5 Å². The summed E-state index contributed by atoms with van der Waals surface area (Å²) in [6.07, 6.45) is -1.45. The largest absolute Gasteiger partial charge is 0.497 e. The molecule has 0 radical (unpaired) electrons. The number of amides is 3. The minimum atomic E-state index is -1.45. The molecule has 1 heterocycles. The fourth-order valence-corrected chi connectivity index (χ4v) is 3.71. The summed E-state index contributed by atoms with van der Waals surface area (Å²) < 4.78 is 5.33. The van der Waals surface area contributed by atoms with Crippen LogP contribution in [0.4, 0.5) is 4.79 Å². The summed E-state index contributed by atoms with van der Waals surface area (Å²) in [5, 5.41) is 14.2. The first-order chi connectivity index (χ1) is 17.4. The maximum Gasteiger partial charge on any atom is 0.425 e. The van der Waals surface area contributed by atoms with Crippen molar-refractivity contribution in [2.75, 3.05) is 12.5 Å². The smallest absolute Gasteiger partial charge is 0.425 e. The zero-order valence-electron chi connectivity index (χ0n) is 18.9. The number of hydrogen-bond donors (Lipinski definition) is 4. The van der Waals surface area contributed by atoms with E-state index in [1.165, 1.54) is 7.11 Å². The van der Waals surface area contributed by atoms with E-state index < -0.39 is 17.9 Å². The molecule has 0 unspecified atom stereocenters. The molecule has 182 valence electrons. The third kappa shape index (κ3) is 5.29. The van der Waals surface area contributed by atoms with Gasteiger partial charge in [-0.3, -0.25) is 20.4 Å². The predicted molar refractivity (Wildman–Crippen MR) is 133 cm³/mol. The first-order valence-corrected chi connectivity index (χ1v) is 10.9. The molecular formula is C25H20ClN5O5. The van der Waals surface area contributed by atoms with Crippen molar-refractivity contribution >= 4 is 29.5 Å². The van der Waals surface area contributed by atoms with E-state index in [-0.39, 0.29) is 17.0 Å². The molecule has 0 atom stereocenters.